The summed E-state index contributed by atoms with van der Waals surface area (Å²) < 4.78 is 37.9. The van der Waals surface area contributed by atoms with Crippen LogP contribution < -0.4 is 19.5 Å². The quantitative estimate of drug-likeness (QED) is 0.552. The fourth-order valence-corrected chi connectivity index (χ4v) is 4.07. The smallest absolute Gasteiger partial charge is 0.261 e. The number of carbonyl (C=O) groups is 1. The lowest BCUT2D eigenvalue weighted by Crippen LogP contribution is -2.26. The Morgan fingerprint density at radius 3 is 2.13 bits per heavy atom. The first-order valence-corrected chi connectivity index (χ1v) is 11.0. The summed E-state index contributed by atoms with van der Waals surface area (Å²) in [5.74, 6) is 0.911. The van der Waals surface area contributed by atoms with Gasteiger partial charge in [-0.15, -0.1) is 0 Å². The maximum Gasteiger partial charge on any atom is 0.261 e. The zero-order valence-electron chi connectivity index (χ0n) is 17.5. The van der Waals surface area contributed by atoms with E-state index in [2.05, 4.69) is 10.0 Å². The Balaban J connectivity index is 1.68. The van der Waals surface area contributed by atoms with Crippen molar-refractivity contribution in [1.29, 1.82) is 0 Å². The van der Waals surface area contributed by atoms with Crippen molar-refractivity contribution in [3.05, 3.63) is 83.9 Å². The van der Waals surface area contributed by atoms with Crippen LogP contribution >= 0.6 is 0 Å². The third-order valence-electron chi connectivity index (χ3n) is 4.71. The molecule has 7 nitrogen and oxygen atoms in total. The number of hydrogen-bond acceptors (Lipinski definition) is 5. The van der Waals surface area contributed by atoms with Gasteiger partial charge in [-0.2, -0.15) is 0 Å². The molecule has 1 amide bonds. The number of anilines is 1. The van der Waals surface area contributed by atoms with Crippen molar-refractivity contribution >= 4 is 21.6 Å². The van der Waals surface area contributed by atoms with Gasteiger partial charge in [-0.05, 0) is 61.0 Å². The van der Waals surface area contributed by atoms with Gasteiger partial charge in [-0.25, -0.2) is 8.42 Å². The van der Waals surface area contributed by atoms with Crippen LogP contribution in [0.5, 0.6) is 11.5 Å². The molecule has 162 valence electrons. The number of ether oxygens (including phenoxy) is 2. The lowest BCUT2D eigenvalue weighted by molar-refractivity contribution is 0.0940. The molecule has 0 bridgehead atoms. The fourth-order valence-electron chi connectivity index (χ4n) is 2.99. The van der Waals surface area contributed by atoms with Gasteiger partial charge in [0, 0.05) is 11.3 Å². The Labute approximate surface area is 182 Å². The highest BCUT2D eigenvalue weighted by atomic mass is 32.2. The van der Waals surface area contributed by atoms with Crippen molar-refractivity contribution in [2.75, 3.05) is 18.9 Å². The maximum absolute atomic E-state index is 12.6. The standard InChI is InChI=1S/C23H24N2O5S/c1-16(18-11-14-21(29-2)22(15-18)30-3)24-23(26)17-9-12-19(13-10-17)25-31(27,28)20-7-5-4-6-8-20/h4-16,25H,1-3H3,(H,24,26)/t16-/m1/s1. The Kier molecular flexibility index (Phi) is 6.81. The van der Waals surface area contributed by atoms with Gasteiger partial charge < -0.3 is 14.8 Å². The Morgan fingerprint density at radius 2 is 1.52 bits per heavy atom. The van der Waals surface area contributed by atoms with Crippen molar-refractivity contribution in [3.63, 3.8) is 0 Å². The van der Waals surface area contributed by atoms with Crippen LogP contribution in [-0.2, 0) is 10.0 Å². The molecule has 0 aliphatic carbocycles. The molecule has 0 fully saturated rings. The van der Waals surface area contributed by atoms with E-state index in [0.29, 0.717) is 22.7 Å². The van der Waals surface area contributed by atoms with Crippen molar-refractivity contribution in [2.45, 2.75) is 17.9 Å². The van der Waals surface area contributed by atoms with Gasteiger partial charge in [0.05, 0.1) is 25.2 Å². The second kappa shape index (κ2) is 9.53. The molecule has 3 rings (SSSR count). The second-order valence-corrected chi connectivity index (χ2v) is 8.49. The molecule has 3 aromatic rings. The predicted molar refractivity (Wildman–Crippen MR) is 119 cm³/mol. The number of sulfonamides is 1. The van der Waals surface area contributed by atoms with Gasteiger partial charge in [0.1, 0.15) is 0 Å². The summed E-state index contributed by atoms with van der Waals surface area (Å²) in [5.41, 5.74) is 1.64. The third-order valence-corrected chi connectivity index (χ3v) is 6.11. The van der Waals surface area contributed by atoms with Crippen molar-refractivity contribution in [2.24, 2.45) is 0 Å². The highest BCUT2D eigenvalue weighted by Crippen LogP contribution is 2.30. The first-order valence-electron chi connectivity index (χ1n) is 9.55. The summed E-state index contributed by atoms with van der Waals surface area (Å²) in [6, 6.07) is 19.5. The van der Waals surface area contributed by atoms with Crippen LogP contribution in [0.2, 0.25) is 0 Å². The molecular weight excluding hydrogens is 416 g/mol. The van der Waals surface area contributed by atoms with Crippen LogP contribution in [0.4, 0.5) is 5.69 Å². The topological polar surface area (TPSA) is 93.7 Å². The number of rotatable bonds is 8. The van der Waals surface area contributed by atoms with Crippen LogP contribution in [0, 0.1) is 0 Å². The first kappa shape index (κ1) is 22.2. The van der Waals surface area contributed by atoms with E-state index in [0.717, 1.165) is 5.56 Å². The highest BCUT2D eigenvalue weighted by Gasteiger charge is 2.16. The molecule has 0 unspecified atom stereocenters. The molecule has 1 atom stereocenters. The molecule has 0 radical (unpaired) electrons. The minimum absolute atomic E-state index is 0.167. The second-order valence-electron chi connectivity index (χ2n) is 6.81. The molecule has 0 aliphatic rings. The Bertz CT molecular complexity index is 1150. The highest BCUT2D eigenvalue weighted by molar-refractivity contribution is 7.92. The maximum atomic E-state index is 12.6. The van der Waals surface area contributed by atoms with Crippen LogP contribution in [0.3, 0.4) is 0 Å². The van der Waals surface area contributed by atoms with Crippen LogP contribution in [0.15, 0.2) is 77.7 Å². The van der Waals surface area contributed by atoms with Crippen molar-refractivity contribution in [1.82, 2.24) is 5.32 Å². The minimum Gasteiger partial charge on any atom is -0.493 e. The zero-order valence-corrected chi connectivity index (χ0v) is 18.3. The summed E-state index contributed by atoms with van der Waals surface area (Å²) in [6.45, 7) is 1.86. The molecule has 0 aromatic heterocycles. The fraction of sp³-hybridized carbons (Fsp3) is 0.174. The first-order chi connectivity index (χ1) is 14.8. The van der Waals surface area contributed by atoms with Crippen molar-refractivity contribution in [3.8, 4) is 11.5 Å². The lowest BCUT2D eigenvalue weighted by atomic mass is 10.1. The molecule has 0 aliphatic heterocycles. The van der Waals surface area contributed by atoms with Crippen LogP contribution in [-0.4, -0.2) is 28.5 Å². The van der Waals surface area contributed by atoms with Gasteiger partial charge in [-0.3, -0.25) is 9.52 Å². The van der Waals surface area contributed by atoms with E-state index in [9.17, 15) is 13.2 Å². The normalized spacial score (nSPS) is 12.0. The van der Waals surface area contributed by atoms with E-state index in [4.69, 9.17) is 9.47 Å². The van der Waals surface area contributed by atoms with Crippen LogP contribution in [0.1, 0.15) is 28.9 Å². The number of hydrogen-bond donors (Lipinski definition) is 2. The molecule has 0 heterocycles. The molecule has 0 saturated carbocycles. The minimum atomic E-state index is -3.69. The van der Waals surface area contributed by atoms with Gasteiger partial charge >= 0.3 is 0 Å². The Hall–Kier alpha value is -3.52. The average Bonchev–Trinajstić information content (AvgIpc) is 2.79. The lowest BCUT2D eigenvalue weighted by Gasteiger charge is -2.17. The number of benzene rings is 3. The summed E-state index contributed by atoms with van der Waals surface area (Å²) in [5, 5.41) is 2.92. The van der Waals surface area contributed by atoms with E-state index in [-0.39, 0.29) is 16.8 Å². The summed E-state index contributed by atoms with van der Waals surface area (Å²) in [7, 11) is -0.571. The predicted octanol–water partition coefficient (Wildman–Crippen LogP) is 4.00. The summed E-state index contributed by atoms with van der Waals surface area (Å²) in [4.78, 5) is 12.8. The molecule has 0 spiro atoms. The zero-order chi connectivity index (χ0) is 22.4. The number of methoxy groups -OCH3 is 2. The molecule has 2 N–H and O–H groups in total. The third kappa shape index (κ3) is 5.35. The summed E-state index contributed by atoms with van der Waals surface area (Å²) >= 11 is 0. The molecule has 0 saturated heterocycles. The van der Waals surface area contributed by atoms with Crippen molar-refractivity contribution < 1.29 is 22.7 Å². The van der Waals surface area contributed by atoms with Gasteiger partial charge in [0.15, 0.2) is 11.5 Å². The van der Waals surface area contributed by atoms with E-state index in [1.807, 2.05) is 19.1 Å². The van der Waals surface area contributed by atoms with E-state index >= 15 is 0 Å². The van der Waals surface area contributed by atoms with E-state index < -0.39 is 10.0 Å². The Morgan fingerprint density at radius 1 is 0.871 bits per heavy atom. The monoisotopic (exact) mass is 440 g/mol. The SMILES string of the molecule is COc1ccc([C@@H](C)NC(=O)c2ccc(NS(=O)(=O)c3ccccc3)cc2)cc1OC. The average molecular weight is 441 g/mol. The molecular formula is C23H24N2O5S. The van der Waals surface area contributed by atoms with E-state index in [1.54, 1.807) is 62.8 Å². The van der Waals surface area contributed by atoms with Gasteiger partial charge in [0.25, 0.3) is 15.9 Å². The van der Waals surface area contributed by atoms with Gasteiger partial charge in [-0.1, -0.05) is 24.3 Å². The summed E-state index contributed by atoms with van der Waals surface area (Å²) in [6.07, 6.45) is 0. The number of nitrogens with one attached hydrogen (secondary N) is 2. The van der Waals surface area contributed by atoms with Crippen LogP contribution in [0.25, 0.3) is 0 Å². The molecule has 31 heavy (non-hydrogen) atoms. The van der Waals surface area contributed by atoms with Gasteiger partial charge in [0.2, 0.25) is 0 Å². The largest absolute Gasteiger partial charge is 0.493 e. The molecule has 3 aromatic carbocycles. The number of amides is 1. The van der Waals surface area contributed by atoms with E-state index in [1.165, 1.54) is 12.1 Å². The molecule has 8 heteroatoms. The number of carbonyl (C=O) groups excluding carboxylic acids is 1.